The predicted molar refractivity (Wildman–Crippen MR) is 84.4 cm³/mol. The minimum atomic E-state index is 0.844. The summed E-state index contributed by atoms with van der Waals surface area (Å²) in [5, 5.41) is 3.89. The molecule has 0 heterocycles. The summed E-state index contributed by atoms with van der Waals surface area (Å²) in [7, 11) is 0. The second-order valence-corrected chi connectivity index (χ2v) is 7.21. The van der Waals surface area contributed by atoms with Crippen molar-refractivity contribution < 1.29 is 0 Å². The van der Waals surface area contributed by atoms with E-state index in [1.165, 1.54) is 77.2 Å². The van der Waals surface area contributed by atoms with E-state index in [1.54, 1.807) is 0 Å². The van der Waals surface area contributed by atoms with Gasteiger partial charge in [-0.1, -0.05) is 46.0 Å². The van der Waals surface area contributed by atoms with Crippen LogP contribution >= 0.6 is 0 Å². The fraction of sp³-hybridized carbons (Fsp3) is 1.00. The highest BCUT2D eigenvalue weighted by Crippen LogP contribution is 2.31. The molecule has 19 heavy (non-hydrogen) atoms. The van der Waals surface area contributed by atoms with E-state index in [0.29, 0.717) is 0 Å². The molecule has 0 bridgehead atoms. The van der Waals surface area contributed by atoms with Crippen LogP contribution in [0.3, 0.4) is 0 Å². The molecule has 0 aromatic heterocycles. The van der Waals surface area contributed by atoms with Gasteiger partial charge in [0.15, 0.2) is 0 Å². The summed E-state index contributed by atoms with van der Waals surface area (Å²) in [5.41, 5.74) is 0. The van der Waals surface area contributed by atoms with Crippen LogP contribution < -0.4 is 5.32 Å². The third-order valence-corrected chi connectivity index (χ3v) is 5.78. The molecule has 0 aromatic rings. The van der Waals surface area contributed by atoms with Crippen molar-refractivity contribution >= 4 is 0 Å². The summed E-state index contributed by atoms with van der Waals surface area (Å²) in [6.07, 6.45) is 16.0. The topological polar surface area (TPSA) is 12.0 Å². The maximum Gasteiger partial charge on any atom is 0.00673 e. The van der Waals surface area contributed by atoms with Crippen molar-refractivity contribution in [2.24, 2.45) is 17.8 Å². The number of rotatable bonds is 6. The van der Waals surface area contributed by atoms with Crippen molar-refractivity contribution in [2.45, 2.75) is 90.5 Å². The van der Waals surface area contributed by atoms with Crippen LogP contribution in [0.15, 0.2) is 0 Å². The molecule has 1 N–H and O–H groups in total. The van der Waals surface area contributed by atoms with Gasteiger partial charge in [-0.15, -0.1) is 0 Å². The maximum absolute atomic E-state index is 3.89. The van der Waals surface area contributed by atoms with Gasteiger partial charge in [0.25, 0.3) is 0 Å². The van der Waals surface area contributed by atoms with Gasteiger partial charge < -0.3 is 5.32 Å². The Labute approximate surface area is 120 Å². The molecule has 2 saturated carbocycles. The molecule has 1 nitrogen and oxygen atoms in total. The first-order valence-corrected chi connectivity index (χ1v) is 9.05. The molecule has 2 aliphatic carbocycles. The molecule has 112 valence electrons. The van der Waals surface area contributed by atoms with Crippen LogP contribution in [0.25, 0.3) is 0 Å². The van der Waals surface area contributed by atoms with Gasteiger partial charge in [-0.25, -0.2) is 0 Å². The van der Waals surface area contributed by atoms with Crippen LogP contribution in [0.2, 0.25) is 0 Å². The SMILES string of the molecule is CCCC1CCC(NCC2CCC(CC)CC2)CC1. The van der Waals surface area contributed by atoms with E-state index in [9.17, 15) is 0 Å². The van der Waals surface area contributed by atoms with Crippen LogP contribution in [-0.2, 0) is 0 Å². The second kappa shape index (κ2) is 8.29. The summed E-state index contributed by atoms with van der Waals surface area (Å²) in [4.78, 5) is 0. The molecular weight excluding hydrogens is 230 g/mol. The van der Waals surface area contributed by atoms with Crippen molar-refractivity contribution in [1.29, 1.82) is 0 Å². The number of hydrogen-bond acceptors (Lipinski definition) is 1. The first-order valence-electron chi connectivity index (χ1n) is 9.05. The molecule has 0 radical (unpaired) electrons. The Balaban J connectivity index is 1.57. The standard InChI is InChI=1S/C18H35N/c1-3-5-16-10-12-18(13-11-16)19-14-17-8-6-15(4-2)7-9-17/h15-19H,3-14H2,1-2H3. The average Bonchev–Trinajstić information content (AvgIpc) is 2.47. The fourth-order valence-electron chi connectivity index (χ4n) is 4.24. The Morgan fingerprint density at radius 2 is 1.32 bits per heavy atom. The first-order chi connectivity index (χ1) is 9.31. The second-order valence-electron chi connectivity index (χ2n) is 7.21. The lowest BCUT2D eigenvalue weighted by molar-refractivity contribution is 0.232. The van der Waals surface area contributed by atoms with Gasteiger partial charge in [0.05, 0.1) is 0 Å². The predicted octanol–water partition coefficient (Wildman–Crippen LogP) is 5.15. The minimum absolute atomic E-state index is 0.844. The van der Waals surface area contributed by atoms with Crippen molar-refractivity contribution in [3.05, 3.63) is 0 Å². The van der Waals surface area contributed by atoms with Gasteiger partial charge in [-0.2, -0.15) is 0 Å². The summed E-state index contributed by atoms with van der Waals surface area (Å²) in [6.45, 7) is 5.99. The van der Waals surface area contributed by atoms with E-state index in [1.807, 2.05) is 0 Å². The van der Waals surface area contributed by atoms with Crippen LogP contribution in [0.4, 0.5) is 0 Å². The Morgan fingerprint density at radius 1 is 0.737 bits per heavy atom. The molecule has 1 heteroatoms. The molecule has 2 aliphatic rings. The molecule has 0 unspecified atom stereocenters. The molecule has 2 fully saturated rings. The summed E-state index contributed by atoms with van der Waals surface area (Å²) >= 11 is 0. The van der Waals surface area contributed by atoms with Crippen molar-refractivity contribution in [3.8, 4) is 0 Å². The van der Waals surface area contributed by atoms with E-state index in [2.05, 4.69) is 19.2 Å². The van der Waals surface area contributed by atoms with Crippen LogP contribution in [-0.4, -0.2) is 12.6 Å². The molecule has 0 atom stereocenters. The lowest BCUT2D eigenvalue weighted by atomic mass is 9.80. The lowest BCUT2D eigenvalue weighted by Crippen LogP contribution is -2.37. The van der Waals surface area contributed by atoms with Crippen molar-refractivity contribution in [2.75, 3.05) is 6.54 Å². The van der Waals surface area contributed by atoms with Crippen molar-refractivity contribution in [3.63, 3.8) is 0 Å². The summed E-state index contributed by atoms with van der Waals surface area (Å²) in [5.74, 6) is 3.07. The number of hydrogen-bond donors (Lipinski definition) is 1. The van der Waals surface area contributed by atoms with E-state index in [0.717, 1.165) is 23.8 Å². The van der Waals surface area contributed by atoms with E-state index in [-0.39, 0.29) is 0 Å². The summed E-state index contributed by atoms with van der Waals surface area (Å²) < 4.78 is 0. The quantitative estimate of drug-likeness (QED) is 0.700. The monoisotopic (exact) mass is 265 g/mol. The molecule has 2 rings (SSSR count). The molecule has 0 saturated heterocycles. The highest BCUT2D eigenvalue weighted by Gasteiger charge is 2.23. The zero-order valence-electron chi connectivity index (χ0n) is 13.3. The zero-order valence-corrected chi connectivity index (χ0v) is 13.3. The molecule has 0 aromatic carbocycles. The summed E-state index contributed by atoms with van der Waals surface area (Å²) in [6, 6.07) is 0.844. The maximum atomic E-state index is 3.89. The van der Waals surface area contributed by atoms with Gasteiger partial charge in [-0.3, -0.25) is 0 Å². The fourth-order valence-corrected chi connectivity index (χ4v) is 4.24. The highest BCUT2D eigenvalue weighted by atomic mass is 14.9. The largest absolute Gasteiger partial charge is 0.314 e. The molecule has 0 aliphatic heterocycles. The zero-order chi connectivity index (χ0) is 13.5. The average molecular weight is 265 g/mol. The third kappa shape index (κ3) is 5.10. The molecule has 0 spiro atoms. The number of nitrogens with one attached hydrogen (secondary N) is 1. The highest BCUT2D eigenvalue weighted by molar-refractivity contribution is 4.79. The van der Waals surface area contributed by atoms with E-state index < -0.39 is 0 Å². The molecule has 0 amide bonds. The van der Waals surface area contributed by atoms with E-state index >= 15 is 0 Å². The smallest absolute Gasteiger partial charge is 0.00673 e. The Hall–Kier alpha value is -0.0400. The van der Waals surface area contributed by atoms with Gasteiger partial charge in [0, 0.05) is 6.04 Å². The Bertz CT molecular complexity index is 222. The lowest BCUT2D eigenvalue weighted by Gasteiger charge is -2.32. The van der Waals surface area contributed by atoms with Gasteiger partial charge >= 0.3 is 0 Å². The first kappa shape index (κ1) is 15.4. The van der Waals surface area contributed by atoms with Crippen LogP contribution in [0, 0.1) is 17.8 Å². The Kier molecular flexibility index (Phi) is 6.70. The minimum Gasteiger partial charge on any atom is -0.314 e. The van der Waals surface area contributed by atoms with E-state index in [4.69, 9.17) is 0 Å². The Morgan fingerprint density at radius 3 is 1.89 bits per heavy atom. The van der Waals surface area contributed by atoms with Gasteiger partial charge in [0.1, 0.15) is 0 Å². The normalized spacial score (nSPS) is 36.3. The molecular formula is C18H35N. The van der Waals surface area contributed by atoms with Crippen LogP contribution in [0.5, 0.6) is 0 Å². The van der Waals surface area contributed by atoms with Gasteiger partial charge in [0.2, 0.25) is 0 Å². The third-order valence-electron chi connectivity index (χ3n) is 5.78. The van der Waals surface area contributed by atoms with Crippen molar-refractivity contribution in [1.82, 2.24) is 5.32 Å². The van der Waals surface area contributed by atoms with Crippen LogP contribution in [0.1, 0.15) is 84.5 Å². The van der Waals surface area contributed by atoms with Gasteiger partial charge in [-0.05, 0) is 62.8 Å².